The van der Waals surface area contributed by atoms with Crippen molar-refractivity contribution in [2.75, 3.05) is 11.1 Å². The highest BCUT2D eigenvalue weighted by Gasteiger charge is 2.15. The maximum atomic E-state index is 11.9. The molecule has 0 aliphatic rings. The molecule has 0 aliphatic carbocycles. The van der Waals surface area contributed by atoms with Gasteiger partial charge in [-0.25, -0.2) is 0 Å². The molecule has 116 valence electrons. The molecule has 0 bridgehead atoms. The third kappa shape index (κ3) is 4.50. The number of nitrogens with one attached hydrogen (secondary N) is 1. The quantitative estimate of drug-likeness (QED) is 0.831. The number of primary amides is 1. The zero-order valence-corrected chi connectivity index (χ0v) is 14.3. The Hall–Kier alpha value is -1.50. The first kappa shape index (κ1) is 16.9. The summed E-state index contributed by atoms with van der Waals surface area (Å²) >= 11 is 8.62. The number of hydrogen-bond acceptors (Lipinski definition) is 4. The number of amides is 2. The Morgan fingerprint density at radius 3 is 2.64 bits per heavy atom. The molecule has 22 heavy (non-hydrogen) atoms. The van der Waals surface area contributed by atoms with Gasteiger partial charge in [-0.15, -0.1) is 23.1 Å². The third-order valence-electron chi connectivity index (χ3n) is 2.89. The van der Waals surface area contributed by atoms with E-state index in [1.165, 1.54) is 23.1 Å². The van der Waals surface area contributed by atoms with Gasteiger partial charge in [0.05, 0.1) is 11.3 Å². The van der Waals surface area contributed by atoms with Crippen LogP contribution in [0.25, 0.3) is 0 Å². The Labute approximate surface area is 142 Å². The topological polar surface area (TPSA) is 72.2 Å². The van der Waals surface area contributed by atoms with Crippen LogP contribution in [-0.2, 0) is 10.5 Å². The number of thioether (sulfide) groups is 1. The molecular formula is C15H15ClN2O2S2. The van der Waals surface area contributed by atoms with Crippen LogP contribution in [0, 0.1) is 6.92 Å². The van der Waals surface area contributed by atoms with Gasteiger partial charge < -0.3 is 11.1 Å². The highest BCUT2D eigenvalue weighted by atomic mass is 35.5. The van der Waals surface area contributed by atoms with Crippen molar-refractivity contribution in [3.05, 3.63) is 51.4 Å². The number of rotatable bonds is 6. The van der Waals surface area contributed by atoms with Crippen LogP contribution in [0.15, 0.2) is 29.6 Å². The highest BCUT2D eigenvalue weighted by molar-refractivity contribution is 7.99. The minimum Gasteiger partial charge on any atom is -0.365 e. The Morgan fingerprint density at radius 2 is 2.00 bits per heavy atom. The number of hydrogen-bond donors (Lipinski definition) is 2. The van der Waals surface area contributed by atoms with Crippen molar-refractivity contribution in [1.29, 1.82) is 0 Å². The molecule has 0 spiro atoms. The van der Waals surface area contributed by atoms with Crippen LogP contribution in [0.3, 0.4) is 0 Å². The molecule has 0 fully saturated rings. The largest absolute Gasteiger partial charge is 0.365 e. The molecule has 0 radical (unpaired) electrons. The van der Waals surface area contributed by atoms with Gasteiger partial charge in [-0.05, 0) is 35.6 Å². The van der Waals surface area contributed by atoms with Crippen LogP contribution in [0.1, 0.15) is 21.5 Å². The van der Waals surface area contributed by atoms with E-state index in [0.717, 1.165) is 16.9 Å². The maximum absolute atomic E-state index is 11.9. The van der Waals surface area contributed by atoms with E-state index in [1.807, 2.05) is 24.3 Å². The molecule has 0 saturated carbocycles. The first-order valence-corrected chi connectivity index (χ1v) is 8.88. The molecular weight excluding hydrogens is 340 g/mol. The second-order valence-corrected chi connectivity index (χ2v) is 6.96. The van der Waals surface area contributed by atoms with Crippen LogP contribution in [0.2, 0.25) is 5.02 Å². The van der Waals surface area contributed by atoms with Crippen molar-refractivity contribution in [1.82, 2.24) is 0 Å². The number of thiophene rings is 1. The summed E-state index contributed by atoms with van der Waals surface area (Å²) in [7, 11) is 0. The van der Waals surface area contributed by atoms with Crippen molar-refractivity contribution in [3.63, 3.8) is 0 Å². The summed E-state index contributed by atoms with van der Waals surface area (Å²) in [4.78, 5) is 23.3. The fraction of sp³-hybridized carbons (Fsp3) is 0.200. The van der Waals surface area contributed by atoms with Gasteiger partial charge in [0.1, 0.15) is 5.00 Å². The van der Waals surface area contributed by atoms with E-state index in [0.29, 0.717) is 21.3 Å². The van der Waals surface area contributed by atoms with Gasteiger partial charge in [-0.1, -0.05) is 23.7 Å². The van der Waals surface area contributed by atoms with Gasteiger partial charge in [-0.3, -0.25) is 9.59 Å². The van der Waals surface area contributed by atoms with E-state index in [4.69, 9.17) is 17.3 Å². The predicted molar refractivity (Wildman–Crippen MR) is 93.8 cm³/mol. The van der Waals surface area contributed by atoms with E-state index < -0.39 is 5.91 Å². The van der Waals surface area contributed by atoms with Gasteiger partial charge in [0, 0.05) is 10.8 Å². The zero-order chi connectivity index (χ0) is 16.1. The van der Waals surface area contributed by atoms with Gasteiger partial charge in [0.2, 0.25) is 5.91 Å². The molecule has 2 amide bonds. The van der Waals surface area contributed by atoms with Crippen molar-refractivity contribution in [3.8, 4) is 0 Å². The summed E-state index contributed by atoms with van der Waals surface area (Å²) in [6.07, 6.45) is 0. The summed E-state index contributed by atoms with van der Waals surface area (Å²) in [5.41, 5.74) is 7.60. The van der Waals surface area contributed by atoms with Gasteiger partial charge in [-0.2, -0.15) is 0 Å². The Balaban J connectivity index is 1.86. The first-order valence-electron chi connectivity index (χ1n) is 6.47. The fourth-order valence-electron chi connectivity index (χ4n) is 1.85. The van der Waals surface area contributed by atoms with Crippen LogP contribution in [0.4, 0.5) is 5.00 Å². The number of nitrogens with two attached hydrogens (primary N) is 1. The number of halogens is 1. The Kier molecular flexibility index (Phi) is 5.88. The standard InChI is InChI=1S/C15H15ClN2O2S2/c1-9-6-22-15(13(9)14(17)20)18-12(19)8-21-7-10-2-4-11(16)5-3-10/h2-6H,7-8H2,1H3,(H2,17,20)(H,18,19). The van der Waals surface area contributed by atoms with Crippen LogP contribution in [0.5, 0.6) is 0 Å². The predicted octanol–water partition coefficient (Wildman–Crippen LogP) is 3.68. The van der Waals surface area contributed by atoms with Crippen molar-refractivity contribution in [2.45, 2.75) is 12.7 Å². The second-order valence-electron chi connectivity index (χ2n) is 4.65. The second kappa shape index (κ2) is 7.67. The normalized spacial score (nSPS) is 10.5. The molecule has 0 unspecified atom stereocenters. The van der Waals surface area contributed by atoms with Crippen molar-refractivity contribution in [2.24, 2.45) is 5.73 Å². The summed E-state index contributed by atoms with van der Waals surface area (Å²) < 4.78 is 0. The summed E-state index contributed by atoms with van der Waals surface area (Å²) in [6.45, 7) is 1.79. The minimum atomic E-state index is -0.525. The average molecular weight is 355 g/mol. The lowest BCUT2D eigenvalue weighted by molar-refractivity contribution is -0.113. The molecule has 2 aromatic rings. The van der Waals surface area contributed by atoms with Gasteiger partial charge in [0.25, 0.3) is 5.91 Å². The number of carbonyl (C=O) groups is 2. The fourth-order valence-corrected chi connectivity index (χ4v) is 3.73. The number of carbonyl (C=O) groups excluding carboxylic acids is 2. The number of anilines is 1. The SMILES string of the molecule is Cc1csc(NC(=O)CSCc2ccc(Cl)cc2)c1C(N)=O. The highest BCUT2D eigenvalue weighted by Crippen LogP contribution is 2.27. The number of benzene rings is 1. The summed E-state index contributed by atoms with van der Waals surface area (Å²) in [5.74, 6) is 0.347. The molecule has 0 saturated heterocycles. The van der Waals surface area contributed by atoms with Crippen LogP contribution >= 0.6 is 34.7 Å². The zero-order valence-electron chi connectivity index (χ0n) is 11.9. The minimum absolute atomic E-state index is 0.150. The molecule has 2 rings (SSSR count). The molecule has 0 atom stereocenters. The Morgan fingerprint density at radius 1 is 1.32 bits per heavy atom. The van der Waals surface area contributed by atoms with Crippen molar-refractivity contribution < 1.29 is 9.59 Å². The molecule has 0 aliphatic heterocycles. The number of aryl methyl sites for hydroxylation is 1. The maximum Gasteiger partial charge on any atom is 0.251 e. The van der Waals surface area contributed by atoms with Crippen LogP contribution in [-0.4, -0.2) is 17.6 Å². The lowest BCUT2D eigenvalue weighted by atomic mass is 10.2. The van der Waals surface area contributed by atoms with E-state index >= 15 is 0 Å². The monoisotopic (exact) mass is 354 g/mol. The molecule has 1 aromatic heterocycles. The van der Waals surface area contributed by atoms with E-state index in [2.05, 4.69) is 5.32 Å². The molecule has 4 nitrogen and oxygen atoms in total. The van der Waals surface area contributed by atoms with Gasteiger partial charge >= 0.3 is 0 Å². The Bertz CT molecular complexity index is 683. The summed E-state index contributed by atoms with van der Waals surface area (Å²) in [5, 5.41) is 5.76. The molecule has 1 heterocycles. The summed E-state index contributed by atoms with van der Waals surface area (Å²) in [6, 6.07) is 7.51. The average Bonchev–Trinajstić information content (AvgIpc) is 2.82. The first-order chi connectivity index (χ1) is 10.5. The third-order valence-corrected chi connectivity index (χ3v) is 5.16. The van der Waals surface area contributed by atoms with Gasteiger partial charge in [0.15, 0.2) is 0 Å². The van der Waals surface area contributed by atoms with E-state index in [9.17, 15) is 9.59 Å². The van der Waals surface area contributed by atoms with E-state index in [1.54, 1.807) is 12.3 Å². The van der Waals surface area contributed by atoms with Crippen LogP contribution < -0.4 is 11.1 Å². The lowest BCUT2D eigenvalue weighted by Crippen LogP contribution is -2.18. The smallest absolute Gasteiger partial charge is 0.251 e. The van der Waals surface area contributed by atoms with Crippen molar-refractivity contribution >= 4 is 51.5 Å². The molecule has 3 N–H and O–H groups in total. The lowest BCUT2D eigenvalue weighted by Gasteiger charge is -2.05. The van der Waals surface area contributed by atoms with E-state index in [-0.39, 0.29) is 5.91 Å². The molecule has 7 heteroatoms. The molecule has 1 aromatic carbocycles.